The minimum atomic E-state index is -0.733. The van der Waals surface area contributed by atoms with Gasteiger partial charge in [0.15, 0.2) is 0 Å². The van der Waals surface area contributed by atoms with Crippen LogP contribution in [0.15, 0.2) is 12.1 Å². The number of carbonyl (C=O) groups excluding carboxylic acids is 1. The van der Waals surface area contributed by atoms with Gasteiger partial charge in [0.05, 0.1) is 9.95 Å². The number of nitrogens with zero attached hydrogens (tertiary/aromatic N) is 1. The Labute approximate surface area is 101 Å². The molecule has 7 heteroatoms. The molecule has 0 atom stereocenters. The lowest BCUT2D eigenvalue weighted by atomic mass is 10.1. The topological polar surface area (TPSA) is 106 Å². The third-order valence-electron chi connectivity index (χ3n) is 2.11. The van der Waals surface area contributed by atoms with Crippen molar-refractivity contribution in [2.75, 3.05) is 0 Å². The number of nitrogens with two attached hydrogens (primary N) is 1. The fourth-order valence-electron chi connectivity index (χ4n) is 1.23. The van der Waals surface area contributed by atoms with Crippen molar-refractivity contribution in [2.45, 2.75) is 6.92 Å². The summed E-state index contributed by atoms with van der Waals surface area (Å²) >= 11 is 5.74. The number of phenols is 1. The second-order valence-electron chi connectivity index (χ2n) is 3.27. The summed E-state index contributed by atoms with van der Waals surface area (Å²) in [4.78, 5) is 20.6. The lowest BCUT2D eigenvalue weighted by Crippen LogP contribution is -2.05. The van der Waals surface area contributed by atoms with Gasteiger partial charge in [-0.2, -0.15) is 0 Å². The summed E-state index contributed by atoms with van der Waals surface area (Å²) in [7, 11) is 0. The Balaban J connectivity index is 3.42. The number of hydrogen-bond acceptors (Lipinski definition) is 4. The summed E-state index contributed by atoms with van der Waals surface area (Å²) < 4.78 is 0. The van der Waals surface area contributed by atoms with Crippen LogP contribution in [0.2, 0.25) is 5.02 Å². The maximum atomic E-state index is 10.7. The van der Waals surface area contributed by atoms with Gasteiger partial charge in [-0.3, -0.25) is 14.9 Å². The van der Waals surface area contributed by atoms with Gasteiger partial charge in [0, 0.05) is 23.3 Å². The van der Waals surface area contributed by atoms with E-state index in [4.69, 9.17) is 17.3 Å². The molecule has 0 aliphatic rings. The van der Waals surface area contributed by atoms with Gasteiger partial charge in [-0.1, -0.05) is 11.6 Å². The molecular weight excluding hydrogens is 248 g/mol. The molecule has 0 bridgehead atoms. The summed E-state index contributed by atoms with van der Waals surface area (Å²) in [5.41, 5.74) is 4.86. The summed E-state index contributed by atoms with van der Waals surface area (Å²) in [6.07, 6.45) is 2.14. The number of amides is 1. The summed E-state index contributed by atoms with van der Waals surface area (Å²) in [6.45, 7) is 1.42. The first-order chi connectivity index (χ1) is 7.84. The van der Waals surface area contributed by atoms with Crippen LogP contribution in [0.25, 0.3) is 6.08 Å². The number of rotatable bonds is 3. The molecular formula is C10H9ClN2O4. The SMILES string of the molecule is Cc1c([N+](=O)[O-])cc(/C=C\C(N)=O)c(O)c1Cl. The van der Waals surface area contributed by atoms with Crippen LogP contribution in [0, 0.1) is 17.0 Å². The lowest BCUT2D eigenvalue weighted by Gasteiger charge is -2.05. The van der Waals surface area contributed by atoms with Crippen LogP contribution >= 0.6 is 11.6 Å². The molecule has 90 valence electrons. The van der Waals surface area contributed by atoms with Crippen LogP contribution in [0.4, 0.5) is 5.69 Å². The van der Waals surface area contributed by atoms with Crippen molar-refractivity contribution in [3.63, 3.8) is 0 Å². The second kappa shape index (κ2) is 4.84. The van der Waals surface area contributed by atoms with E-state index in [-0.39, 0.29) is 27.6 Å². The van der Waals surface area contributed by atoms with E-state index < -0.39 is 10.8 Å². The maximum Gasteiger partial charge on any atom is 0.274 e. The quantitative estimate of drug-likeness (QED) is 0.488. The molecule has 0 aliphatic carbocycles. The lowest BCUT2D eigenvalue weighted by molar-refractivity contribution is -0.385. The van der Waals surface area contributed by atoms with Gasteiger partial charge in [-0.15, -0.1) is 0 Å². The Kier molecular flexibility index (Phi) is 3.69. The maximum absolute atomic E-state index is 10.7. The van der Waals surface area contributed by atoms with E-state index in [1.165, 1.54) is 6.92 Å². The Bertz CT molecular complexity index is 526. The monoisotopic (exact) mass is 256 g/mol. The standard InChI is InChI=1S/C10H9ClN2O4/c1-5-7(13(16)17)4-6(2-3-8(12)14)10(15)9(5)11/h2-4,15H,1H3,(H2,12,14)/b3-2-. The van der Waals surface area contributed by atoms with Crippen molar-refractivity contribution in [1.29, 1.82) is 0 Å². The molecule has 1 aromatic carbocycles. The molecule has 0 heterocycles. The third-order valence-corrected chi connectivity index (χ3v) is 2.57. The molecule has 0 radical (unpaired) electrons. The van der Waals surface area contributed by atoms with Crippen molar-refractivity contribution in [2.24, 2.45) is 5.73 Å². The number of benzene rings is 1. The molecule has 6 nitrogen and oxygen atoms in total. The van der Waals surface area contributed by atoms with Gasteiger partial charge in [0.1, 0.15) is 5.75 Å². The number of nitro groups is 1. The molecule has 1 amide bonds. The van der Waals surface area contributed by atoms with Gasteiger partial charge in [-0.05, 0) is 13.0 Å². The Morgan fingerprint density at radius 3 is 2.71 bits per heavy atom. The van der Waals surface area contributed by atoms with Crippen molar-refractivity contribution in [3.8, 4) is 5.75 Å². The van der Waals surface area contributed by atoms with Gasteiger partial charge in [-0.25, -0.2) is 0 Å². The van der Waals surface area contributed by atoms with E-state index in [1.807, 2.05) is 0 Å². The van der Waals surface area contributed by atoms with Crippen molar-refractivity contribution >= 4 is 29.3 Å². The smallest absolute Gasteiger partial charge is 0.274 e. The van der Waals surface area contributed by atoms with Crippen LogP contribution in [0.1, 0.15) is 11.1 Å². The Hall–Kier alpha value is -2.08. The molecule has 0 saturated carbocycles. The van der Waals surface area contributed by atoms with Crippen LogP contribution < -0.4 is 5.73 Å². The molecule has 17 heavy (non-hydrogen) atoms. The number of halogens is 1. The van der Waals surface area contributed by atoms with Gasteiger partial charge in [0.25, 0.3) is 5.69 Å². The summed E-state index contributed by atoms with van der Waals surface area (Å²) in [5, 5.41) is 20.2. The number of hydrogen-bond donors (Lipinski definition) is 2. The van der Waals surface area contributed by atoms with E-state index in [1.54, 1.807) is 0 Å². The predicted octanol–water partition coefficient (Wildman–Crippen LogP) is 1.76. The summed E-state index contributed by atoms with van der Waals surface area (Å²) in [6, 6.07) is 1.12. The zero-order chi connectivity index (χ0) is 13.2. The highest BCUT2D eigenvalue weighted by molar-refractivity contribution is 6.33. The first-order valence-corrected chi connectivity index (χ1v) is 4.86. The van der Waals surface area contributed by atoms with Gasteiger partial charge < -0.3 is 10.8 Å². The normalized spacial score (nSPS) is 10.7. The average Bonchev–Trinajstić information content (AvgIpc) is 2.24. The zero-order valence-corrected chi connectivity index (χ0v) is 9.56. The number of primary amides is 1. The molecule has 0 saturated heterocycles. The molecule has 3 N–H and O–H groups in total. The van der Waals surface area contributed by atoms with Crippen LogP contribution in [0.5, 0.6) is 5.75 Å². The van der Waals surface area contributed by atoms with E-state index in [9.17, 15) is 20.0 Å². The van der Waals surface area contributed by atoms with Crippen molar-refractivity contribution < 1.29 is 14.8 Å². The number of nitro benzene ring substituents is 1. The Morgan fingerprint density at radius 2 is 2.24 bits per heavy atom. The molecule has 0 aliphatic heterocycles. The molecule has 1 aromatic rings. The predicted molar refractivity (Wildman–Crippen MR) is 62.7 cm³/mol. The molecule has 1 rings (SSSR count). The number of aromatic hydroxyl groups is 1. The zero-order valence-electron chi connectivity index (χ0n) is 8.81. The third kappa shape index (κ3) is 2.73. The first kappa shape index (κ1) is 13.0. The minimum Gasteiger partial charge on any atom is -0.506 e. The highest BCUT2D eigenvalue weighted by Crippen LogP contribution is 2.37. The highest BCUT2D eigenvalue weighted by Gasteiger charge is 2.19. The van der Waals surface area contributed by atoms with Crippen molar-refractivity contribution in [1.82, 2.24) is 0 Å². The Morgan fingerprint density at radius 1 is 1.65 bits per heavy atom. The fraction of sp³-hybridized carbons (Fsp3) is 0.100. The molecule has 0 spiro atoms. The van der Waals surface area contributed by atoms with E-state index >= 15 is 0 Å². The minimum absolute atomic E-state index is 0.0612. The first-order valence-electron chi connectivity index (χ1n) is 4.48. The average molecular weight is 257 g/mol. The van der Waals surface area contributed by atoms with Crippen LogP contribution in [-0.2, 0) is 4.79 Å². The van der Waals surface area contributed by atoms with E-state index in [0.29, 0.717) is 0 Å². The molecule has 0 unspecified atom stereocenters. The van der Waals surface area contributed by atoms with E-state index in [2.05, 4.69) is 0 Å². The summed E-state index contributed by atoms with van der Waals surface area (Å²) in [5.74, 6) is -1.06. The number of phenolic OH excluding ortho intramolecular Hbond substituents is 1. The molecule has 0 aromatic heterocycles. The van der Waals surface area contributed by atoms with E-state index in [0.717, 1.165) is 18.2 Å². The van der Waals surface area contributed by atoms with Gasteiger partial charge in [0.2, 0.25) is 5.91 Å². The molecule has 0 fully saturated rings. The van der Waals surface area contributed by atoms with Crippen LogP contribution in [0.3, 0.4) is 0 Å². The van der Waals surface area contributed by atoms with Crippen LogP contribution in [-0.4, -0.2) is 15.9 Å². The largest absolute Gasteiger partial charge is 0.506 e. The second-order valence-corrected chi connectivity index (χ2v) is 3.64. The number of carbonyl (C=O) groups is 1. The highest BCUT2D eigenvalue weighted by atomic mass is 35.5. The fourth-order valence-corrected chi connectivity index (χ4v) is 1.44. The van der Waals surface area contributed by atoms with Gasteiger partial charge >= 0.3 is 0 Å². The van der Waals surface area contributed by atoms with Crippen molar-refractivity contribution in [3.05, 3.63) is 38.4 Å².